The molecule has 2 aromatic heterocycles. The van der Waals surface area contributed by atoms with Gasteiger partial charge in [0.2, 0.25) is 0 Å². The summed E-state index contributed by atoms with van der Waals surface area (Å²) in [5.41, 5.74) is 1.12. The Balaban J connectivity index is 2.35. The lowest BCUT2D eigenvalue weighted by atomic mass is 10.1. The second-order valence-corrected chi connectivity index (χ2v) is 5.99. The van der Waals surface area contributed by atoms with E-state index in [2.05, 4.69) is 41.0 Å². The van der Waals surface area contributed by atoms with Crippen LogP contribution in [0.25, 0.3) is 0 Å². The van der Waals surface area contributed by atoms with E-state index in [1.165, 1.54) is 11.8 Å². The summed E-state index contributed by atoms with van der Waals surface area (Å²) >= 11 is 7.39. The van der Waals surface area contributed by atoms with Crippen LogP contribution in [-0.2, 0) is 0 Å². The molecular formula is C14H17ClN4S. The topological polar surface area (TPSA) is 50.7 Å². The zero-order valence-electron chi connectivity index (χ0n) is 11.7. The molecule has 1 N–H and O–H groups in total. The molecule has 0 aliphatic heterocycles. The minimum atomic E-state index is 0.333. The van der Waals surface area contributed by atoms with Crippen molar-refractivity contribution in [1.29, 1.82) is 0 Å². The minimum absolute atomic E-state index is 0.333. The van der Waals surface area contributed by atoms with Crippen LogP contribution in [-0.4, -0.2) is 21.5 Å². The van der Waals surface area contributed by atoms with Crippen molar-refractivity contribution in [1.82, 2.24) is 15.0 Å². The fourth-order valence-electron chi connectivity index (χ4n) is 1.81. The van der Waals surface area contributed by atoms with Crippen molar-refractivity contribution in [3.8, 4) is 0 Å². The van der Waals surface area contributed by atoms with E-state index in [0.717, 1.165) is 28.0 Å². The third-order valence-electron chi connectivity index (χ3n) is 2.67. The Morgan fingerprint density at radius 1 is 1.25 bits per heavy atom. The molecule has 0 spiro atoms. The minimum Gasteiger partial charge on any atom is -0.370 e. The first kappa shape index (κ1) is 15.1. The van der Waals surface area contributed by atoms with Crippen molar-refractivity contribution in [3.63, 3.8) is 0 Å². The fraction of sp³-hybridized carbons (Fsp3) is 0.357. The molecule has 0 atom stereocenters. The normalized spacial score (nSPS) is 10.8. The second-order valence-electron chi connectivity index (χ2n) is 4.54. The monoisotopic (exact) mass is 308 g/mol. The maximum Gasteiger partial charge on any atom is 0.133 e. The molecule has 0 radical (unpaired) electrons. The standard InChI is InChI=1S/C14H17ClN4S/c1-4-16-13-12(9(2)3)14(19-8-18-13)20-11-6-5-10(15)7-17-11/h5-9H,4H2,1-3H3,(H,16,18,19). The van der Waals surface area contributed by atoms with E-state index in [4.69, 9.17) is 11.6 Å². The smallest absolute Gasteiger partial charge is 0.133 e. The fourth-order valence-corrected chi connectivity index (χ4v) is 2.90. The summed E-state index contributed by atoms with van der Waals surface area (Å²) in [6.07, 6.45) is 3.23. The maximum absolute atomic E-state index is 5.86. The van der Waals surface area contributed by atoms with Crippen molar-refractivity contribution < 1.29 is 0 Å². The lowest BCUT2D eigenvalue weighted by Gasteiger charge is -2.15. The van der Waals surface area contributed by atoms with Gasteiger partial charge in [-0.3, -0.25) is 0 Å². The molecule has 2 heterocycles. The average Bonchev–Trinajstić information content (AvgIpc) is 2.41. The summed E-state index contributed by atoms with van der Waals surface area (Å²) in [6, 6.07) is 3.73. The number of nitrogens with zero attached hydrogens (tertiary/aromatic N) is 3. The number of pyridine rings is 1. The number of aromatic nitrogens is 3. The lowest BCUT2D eigenvalue weighted by molar-refractivity contribution is 0.803. The van der Waals surface area contributed by atoms with Crippen LogP contribution in [0.3, 0.4) is 0 Å². The van der Waals surface area contributed by atoms with Crippen LogP contribution in [0.15, 0.2) is 34.7 Å². The highest BCUT2D eigenvalue weighted by molar-refractivity contribution is 7.99. The highest BCUT2D eigenvalue weighted by Gasteiger charge is 2.15. The molecule has 2 aromatic rings. The van der Waals surface area contributed by atoms with Crippen LogP contribution in [0, 0.1) is 0 Å². The van der Waals surface area contributed by atoms with Crippen molar-refractivity contribution in [2.24, 2.45) is 0 Å². The van der Waals surface area contributed by atoms with E-state index >= 15 is 0 Å². The summed E-state index contributed by atoms with van der Waals surface area (Å²) in [5.74, 6) is 1.23. The van der Waals surface area contributed by atoms with Crippen molar-refractivity contribution in [3.05, 3.63) is 35.2 Å². The lowest BCUT2D eigenvalue weighted by Crippen LogP contribution is -2.07. The molecule has 0 saturated heterocycles. The maximum atomic E-state index is 5.86. The predicted molar refractivity (Wildman–Crippen MR) is 83.7 cm³/mol. The predicted octanol–water partition coefficient (Wildman–Crippen LogP) is 4.23. The van der Waals surface area contributed by atoms with Gasteiger partial charge < -0.3 is 5.32 Å². The average molecular weight is 309 g/mol. The quantitative estimate of drug-likeness (QED) is 0.838. The SMILES string of the molecule is CCNc1ncnc(Sc2ccc(Cl)cn2)c1C(C)C. The van der Waals surface area contributed by atoms with Crippen LogP contribution in [0.4, 0.5) is 5.82 Å². The van der Waals surface area contributed by atoms with Crippen LogP contribution < -0.4 is 5.32 Å². The summed E-state index contributed by atoms with van der Waals surface area (Å²) in [5, 5.41) is 5.72. The summed E-state index contributed by atoms with van der Waals surface area (Å²) in [4.78, 5) is 13.0. The Bertz CT molecular complexity index is 572. The van der Waals surface area contributed by atoms with Gasteiger partial charge in [0.1, 0.15) is 22.2 Å². The number of rotatable bonds is 5. The molecule has 106 valence electrons. The van der Waals surface area contributed by atoms with Gasteiger partial charge in [-0.15, -0.1) is 0 Å². The van der Waals surface area contributed by atoms with Crippen LogP contribution >= 0.6 is 23.4 Å². The molecule has 0 saturated carbocycles. The molecule has 20 heavy (non-hydrogen) atoms. The molecule has 0 amide bonds. The molecule has 2 rings (SSSR count). The third-order valence-corrected chi connectivity index (χ3v) is 3.86. The Hall–Kier alpha value is -1.33. The molecule has 0 unspecified atom stereocenters. The molecule has 6 heteroatoms. The van der Waals surface area contributed by atoms with Gasteiger partial charge in [-0.1, -0.05) is 25.4 Å². The molecule has 0 fully saturated rings. The van der Waals surface area contributed by atoms with Gasteiger partial charge in [-0.2, -0.15) is 0 Å². The molecule has 0 aromatic carbocycles. The van der Waals surface area contributed by atoms with E-state index < -0.39 is 0 Å². The van der Waals surface area contributed by atoms with Gasteiger partial charge in [0, 0.05) is 18.3 Å². The molecular weight excluding hydrogens is 292 g/mol. The Labute approximate surface area is 128 Å². The van der Waals surface area contributed by atoms with Gasteiger partial charge in [-0.05, 0) is 36.7 Å². The summed E-state index contributed by atoms with van der Waals surface area (Å²) in [7, 11) is 0. The Kier molecular flexibility index (Phi) is 5.20. The van der Waals surface area contributed by atoms with Gasteiger partial charge >= 0.3 is 0 Å². The number of nitrogens with one attached hydrogen (secondary N) is 1. The second kappa shape index (κ2) is 6.90. The first-order valence-corrected chi connectivity index (χ1v) is 7.69. The van der Waals surface area contributed by atoms with E-state index in [-0.39, 0.29) is 0 Å². The molecule has 4 nitrogen and oxygen atoms in total. The number of hydrogen-bond acceptors (Lipinski definition) is 5. The number of halogens is 1. The number of anilines is 1. The largest absolute Gasteiger partial charge is 0.370 e. The summed E-state index contributed by atoms with van der Waals surface area (Å²) in [6.45, 7) is 7.16. The summed E-state index contributed by atoms with van der Waals surface area (Å²) < 4.78 is 0. The van der Waals surface area contributed by atoms with Gasteiger partial charge in [0.05, 0.1) is 5.02 Å². The molecule has 0 aliphatic rings. The van der Waals surface area contributed by atoms with Crippen molar-refractivity contribution in [2.45, 2.75) is 36.7 Å². The van der Waals surface area contributed by atoms with Crippen molar-refractivity contribution >= 4 is 29.2 Å². The van der Waals surface area contributed by atoms with E-state index in [9.17, 15) is 0 Å². The van der Waals surface area contributed by atoms with Gasteiger partial charge in [0.25, 0.3) is 0 Å². The van der Waals surface area contributed by atoms with Crippen LogP contribution in [0.1, 0.15) is 32.3 Å². The van der Waals surface area contributed by atoms with Gasteiger partial charge in [0.15, 0.2) is 0 Å². The Morgan fingerprint density at radius 3 is 2.65 bits per heavy atom. The van der Waals surface area contributed by atoms with E-state index in [1.807, 2.05) is 12.1 Å². The third kappa shape index (κ3) is 3.61. The van der Waals surface area contributed by atoms with Crippen LogP contribution in [0.2, 0.25) is 5.02 Å². The van der Waals surface area contributed by atoms with Crippen LogP contribution in [0.5, 0.6) is 0 Å². The first-order chi connectivity index (χ1) is 9.61. The highest BCUT2D eigenvalue weighted by atomic mass is 35.5. The van der Waals surface area contributed by atoms with E-state index in [1.54, 1.807) is 12.5 Å². The Morgan fingerprint density at radius 2 is 2.05 bits per heavy atom. The van der Waals surface area contributed by atoms with Crippen molar-refractivity contribution in [2.75, 3.05) is 11.9 Å². The van der Waals surface area contributed by atoms with E-state index in [0.29, 0.717) is 10.9 Å². The first-order valence-electron chi connectivity index (χ1n) is 6.50. The molecule has 0 bridgehead atoms. The number of hydrogen-bond donors (Lipinski definition) is 1. The molecule has 0 aliphatic carbocycles. The van der Waals surface area contributed by atoms with Gasteiger partial charge in [-0.25, -0.2) is 15.0 Å². The highest BCUT2D eigenvalue weighted by Crippen LogP contribution is 2.34. The zero-order valence-corrected chi connectivity index (χ0v) is 13.3. The zero-order chi connectivity index (χ0) is 14.5.